The molecular weight excluding hydrogens is 244 g/mol. The molecule has 0 radical (unpaired) electrons. The second kappa shape index (κ2) is 6.26. The zero-order valence-corrected chi connectivity index (χ0v) is 12.4. The first-order valence-electron chi connectivity index (χ1n) is 6.97. The number of hydrogen-bond donors (Lipinski definition) is 2. The average Bonchev–Trinajstić information content (AvgIpc) is 2.78. The summed E-state index contributed by atoms with van der Waals surface area (Å²) in [5.74, 6) is -0.885. The van der Waals surface area contributed by atoms with Gasteiger partial charge in [0.25, 0.3) is 0 Å². The molecule has 0 spiro atoms. The molecule has 1 unspecified atom stereocenters. The summed E-state index contributed by atoms with van der Waals surface area (Å²) in [6.45, 7) is 5.82. The fraction of sp³-hybridized carbons (Fsp3) is 0.857. The van der Waals surface area contributed by atoms with Crippen LogP contribution in [0.2, 0.25) is 0 Å². The van der Waals surface area contributed by atoms with E-state index in [9.17, 15) is 9.59 Å². The molecule has 2 N–H and O–H groups in total. The van der Waals surface area contributed by atoms with Crippen molar-refractivity contribution in [2.75, 3.05) is 7.05 Å². The first kappa shape index (κ1) is 15.8. The fourth-order valence-corrected chi connectivity index (χ4v) is 2.46. The zero-order valence-electron chi connectivity index (χ0n) is 12.4. The minimum atomic E-state index is -0.885. The van der Waals surface area contributed by atoms with Crippen molar-refractivity contribution in [3.8, 4) is 0 Å². The van der Waals surface area contributed by atoms with Crippen molar-refractivity contribution < 1.29 is 14.7 Å². The molecule has 2 amide bonds. The topological polar surface area (TPSA) is 69.6 Å². The molecule has 1 atom stereocenters. The van der Waals surface area contributed by atoms with E-state index >= 15 is 0 Å². The molecule has 19 heavy (non-hydrogen) atoms. The minimum Gasteiger partial charge on any atom is -0.481 e. The molecule has 0 aromatic heterocycles. The Labute approximate surface area is 115 Å². The summed E-state index contributed by atoms with van der Waals surface area (Å²) in [6, 6.07) is -0.222. The van der Waals surface area contributed by atoms with Gasteiger partial charge < -0.3 is 15.3 Å². The van der Waals surface area contributed by atoms with Gasteiger partial charge in [0.15, 0.2) is 0 Å². The van der Waals surface area contributed by atoms with Crippen molar-refractivity contribution in [2.45, 2.75) is 65.0 Å². The zero-order chi connectivity index (χ0) is 14.6. The number of carboxylic acid groups (broad SMARTS) is 1. The maximum absolute atomic E-state index is 12.2. The quantitative estimate of drug-likeness (QED) is 0.824. The van der Waals surface area contributed by atoms with Crippen molar-refractivity contribution in [2.24, 2.45) is 5.41 Å². The van der Waals surface area contributed by atoms with Crippen molar-refractivity contribution >= 4 is 12.0 Å². The van der Waals surface area contributed by atoms with Gasteiger partial charge in [-0.15, -0.1) is 0 Å². The van der Waals surface area contributed by atoms with Gasteiger partial charge in [-0.2, -0.15) is 0 Å². The van der Waals surface area contributed by atoms with Crippen LogP contribution in [0.4, 0.5) is 4.79 Å². The fourth-order valence-electron chi connectivity index (χ4n) is 2.46. The normalized spacial score (nSPS) is 18.1. The molecule has 1 saturated carbocycles. The van der Waals surface area contributed by atoms with Gasteiger partial charge in [-0.1, -0.05) is 33.6 Å². The van der Waals surface area contributed by atoms with E-state index in [1.165, 1.54) is 12.8 Å². The number of urea groups is 1. The maximum Gasteiger partial charge on any atom is 0.317 e. The molecule has 1 rings (SSSR count). The Hall–Kier alpha value is -1.26. The molecule has 1 aliphatic carbocycles. The molecule has 0 aromatic carbocycles. The number of carbonyl (C=O) groups excluding carboxylic acids is 1. The van der Waals surface area contributed by atoms with Crippen LogP contribution in [0, 0.1) is 5.41 Å². The molecule has 0 aromatic rings. The molecule has 1 fully saturated rings. The lowest BCUT2D eigenvalue weighted by molar-refractivity contribution is -0.138. The summed E-state index contributed by atoms with van der Waals surface area (Å²) in [5.41, 5.74) is -0.273. The van der Waals surface area contributed by atoms with Gasteiger partial charge in [0.05, 0.1) is 6.42 Å². The highest BCUT2D eigenvalue weighted by atomic mass is 16.4. The molecule has 0 aliphatic heterocycles. The summed E-state index contributed by atoms with van der Waals surface area (Å²) in [5, 5.41) is 11.8. The third-order valence-corrected chi connectivity index (χ3v) is 3.91. The van der Waals surface area contributed by atoms with Crippen LogP contribution in [0.1, 0.15) is 52.9 Å². The average molecular weight is 270 g/mol. The highest BCUT2D eigenvalue weighted by Crippen LogP contribution is 2.24. The van der Waals surface area contributed by atoms with Gasteiger partial charge >= 0.3 is 12.0 Å². The van der Waals surface area contributed by atoms with Crippen LogP contribution < -0.4 is 5.32 Å². The number of amides is 2. The number of nitrogens with zero attached hydrogens (tertiary/aromatic N) is 1. The minimum absolute atomic E-state index is 0.0479. The van der Waals surface area contributed by atoms with Crippen LogP contribution in [-0.2, 0) is 4.79 Å². The van der Waals surface area contributed by atoms with Gasteiger partial charge in [-0.05, 0) is 18.3 Å². The molecule has 5 heteroatoms. The molecule has 0 saturated heterocycles. The van der Waals surface area contributed by atoms with Crippen LogP contribution in [0.25, 0.3) is 0 Å². The van der Waals surface area contributed by atoms with Gasteiger partial charge in [-0.3, -0.25) is 4.79 Å². The highest BCUT2D eigenvalue weighted by Gasteiger charge is 2.31. The number of hydrogen-bond acceptors (Lipinski definition) is 2. The predicted octanol–water partition coefficient (Wildman–Crippen LogP) is 2.46. The van der Waals surface area contributed by atoms with E-state index in [2.05, 4.69) is 5.32 Å². The van der Waals surface area contributed by atoms with E-state index in [4.69, 9.17) is 5.11 Å². The Balaban J connectivity index is 2.62. The van der Waals surface area contributed by atoms with Crippen molar-refractivity contribution in [3.05, 3.63) is 0 Å². The third kappa shape index (κ3) is 4.73. The van der Waals surface area contributed by atoms with Crippen LogP contribution in [0.3, 0.4) is 0 Å². The third-order valence-electron chi connectivity index (χ3n) is 3.91. The summed E-state index contributed by atoms with van der Waals surface area (Å²) < 4.78 is 0. The summed E-state index contributed by atoms with van der Waals surface area (Å²) in [6.07, 6.45) is 4.38. The molecular formula is C14H26N2O3. The van der Waals surface area contributed by atoms with E-state index in [0.717, 1.165) is 12.8 Å². The monoisotopic (exact) mass is 270 g/mol. The SMILES string of the molecule is CN(C(=O)NC(CC(=O)O)C(C)(C)C)C1CCCC1. The van der Waals surface area contributed by atoms with Crippen LogP contribution in [-0.4, -0.2) is 41.1 Å². The lowest BCUT2D eigenvalue weighted by Crippen LogP contribution is -2.51. The standard InChI is InChI=1S/C14H26N2O3/c1-14(2,3)11(9-12(17)18)15-13(19)16(4)10-7-5-6-8-10/h10-11H,5-9H2,1-4H3,(H,15,19)(H,17,18). The van der Waals surface area contributed by atoms with Gasteiger partial charge in [-0.25, -0.2) is 4.79 Å². The number of rotatable bonds is 4. The summed E-state index contributed by atoms with van der Waals surface area (Å²) in [4.78, 5) is 24.8. The number of aliphatic carboxylic acids is 1. The van der Waals surface area contributed by atoms with E-state index in [0.29, 0.717) is 6.04 Å². The second-order valence-electron chi connectivity index (χ2n) is 6.52. The number of carbonyl (C=O) groups is 2. The maximum atomic E-state index is 12.2. The molecule has 110 valence electrons. The van der Waals surface area contributed by atoms with Crippen LogP contribution in [0.5, 0.6) is 0 Å². The lowest BCUT2D eigenvalue weighted by Gasteiger charge is -2.33. The Kier molecular flexibility index (Phi) is 5.20. The lowest BCUT2D eigenvalue weighted by atomic mass is 9.85. The van der Waals surface area contributed by atoms with Crippen LogP contribution in [0.15, 0.2) is 0 Å². The molecule has 1 aliphatic rings. The van der Waals surface area contributed by atoms with Crippen LogP contribution >= 0.6 is 0 Å². The molecule has 0 heterocycles. The van der Waals surface area contributed by atoms with E-state index in [1.54, 1.807) is 11.9 Å². The van der Waals surface area contributed by atoms with Crippen molar-refractivity contribution in [1.29, 1.82) is 0 Å². The largest absolute Gasteiger partial charge is 0.481 e. The Bertz CT molecular complexity index is 330. The number of nitrogens with one attached hydrogen (secondary N) is 1. The van der Waals surface area contributed by atoms with E-state index in [1.807, 2.05) is 20.8 Å². The van der Waals surface area contributed by atoms with Gasteiger partial charge in [0.1, 0.15) is 0 Å². The Morgan fingerprint density at radius 3 is 2.26 bits per heavy atom. The Morgan fingerprint density at radius 1 is 1.32 bits per heavy atom. The predicted molar refractivity (Wildman–Crippen MR) is 74.0 cm³/mol. The van der Waals surface area contributed by atoms with Gasteiger partial charge in [0.2, 0.25) is 0 Å². The molecule has 5 nitrogen and oxygen atoms in total. The first-order chi connectivity index (χ1) is 8.71. The van der Waals surface area contributed by atoms with Gasteiger partial charge in [0, 0.05) is 19.1 Å². The molecule has 0 bridgehead atoms. The number of carboxylic acids is 1. The summed E-state index contributed by atoms with van der Waals surface area (Å²) in [7, 11) is 1.80. The van der Waals surface area contributed by atoms with Crippen molar-refractivity contribution in [3.63, 3.8) is 0 Å². The summed E-state index contributed by atoms with van der Waals surface area (Å²) >= 11 is 0. The van der Waals surface area contributed by atoms with E-state index in [-0.39, 0.29) is 23.9 Å². The van der Waals surface area contributed by atoms with Crippen molar-refractivity contribution in [1.82, 2.24) is 10.2 Å². The smallest absolute Gasteiger partial charge is 0.317 e. The Morgan fingerprint density at radius 2 is 1.84 bits per heavy atom. The highest BCUT2D eigenvalue weighted by molar-refractivity contribution is 5.76. The van der Waals surface area contributed by atoms with E-state index < -0.39 is 5.97 Å². The first-order valence-corrected chi connectivity index (χ1v) is 6.97. The second-order valence-corrected chi connectivity index (χ2v) is 6.52.